The van der Waals surface area contributed by atoms with Crippen LogP contribution in [0, 0.1) is 40.4 Å². The van der Waals surface area contributed by atoms with Crippen LogP contribution < -0.4 is 0 Å². The van der Waals surface area contributed by atoms with Gasteiger partial charge in [0, 0.05) is 6.61 Å². The molecule has 122 valence electrons. The molecule has 0 radical (unpaired) electrons. The fourth-order valence-electron chi connectivity index (χ4n) is 6.80. The predicted molar refractivity (Wildman–Crippen MR) is 89.0 cm³/mol. The van der Waals surface area contributed by atoms with E-state index < -0.39 is 0 Å². The molecule has 6 atom stereocenters. The lowest BCUT2D eigenvalue weighted by Gasteiger charge is -2.61. The lowest BCUT2D eigenvalue weighted by Crippen LogP contribution is -2.54. The van der Waals surface area contributed by atoms with E-state index in [0.717, 1.165) is 29.6 Å². The van der Waals surface area contributed by atoms with Crippen molar-refractivity contribution in [3.63, 3.8) is 0 Å². The van der Waals surface area contributed by atoms with E-state index in [1.165, 1.54) is 51.4 Å². The fourth-order valence-corrected chi connectivity index (χ4v) is 6.80. The van der Waals surface area contributed by atoms with Crippen LogP contribution in [0.1, 0.15) is 79.1 Å². The van der Waals surface area contributed by atoms with Gasteiger partial charge in [-0.25, -0.2) is 0 Å². The third kappa shape index (κ3) is 2.48. The topological polar surface area (TPSA) is 20.2 Å². The average molecular weight is 293 g/mol. The first-order chi connectivity index (χ1) is 9.90. The summed E-state index contributed by atoms with van der Waals surface area (Å²) in [6, 6.07) is 0. The zero-order chi connectivity index (χ0) is 15.3. The van der Waals surface area contributed by atoms with E-state index in [4.69, 9.17) is 0 Å². The van der Waals surface area contributed by atoms with E-state index >= 15 is 0 Å². The van der Waals surface area contributed by atoms with Gasteiger partial charge in [-0.1, -0.05) is 34.1 Å². The second-order valence-corrected chi connectivity index (χ2v) is 9.49. The summed E-state index contributed by atoms with van der Waals surface area (Å²) in [7, 11) is 0. The average Bonchev–Trinajstić information content (AvgIpc) is 2.46. The van der Waals surface area contributed by atoms with Crippen molar-refractivity contribution < 1.29 is 5.11 Å². The molecule has 0 aromatic rings. The Morgan fingerprint density at radius 1 is 1.05 bits per heavy atom. The Morgan fingerprint density at radius 2 is 1.81 bits per heavy atom. The molecule has 3 aliphatic rings. The highest BCUT2D eigenvalue weighted by atomic mass is 16.3. The predicted octanol–water partition coefficient (Wildman–Crippen LogP) is 5.27. The summed E-state index contributed by atoms with van der Waals surface area (Å²) in [5, 5.41) is 10.0. The van der Waals surface area contributed by atoms with Crippen LogP contribution in [0.15, 0.2) is 0 Å². The summed E-state index contributed by atoms with van der Waals surface area (Å²) in [4.78, 5) is 0. The van der Waals surface area contributed by atoms with Crippen molar-refractivity contribution >= 4 is 0 Å². The van der Waals surface area contributed by atoms with Gasteiger partial charge in [0.1, 0.15) is 0 Å². The summed E-state index contributed by atoms with van der Waals surface area (Å²) in [5.41, 5.74) is 0.716. The lowest BCUT2D eigenvalue weighted by molar-refractivity contribution is -0.135. The number of fused-ring (bicyclic) bond motifs is 3. The number of hydrogen-bond donors (Lipinski definition) is 1. The zero-order valence-corrected chi connectivity index (χ0v) is 14.7. The molecule has 0 heterocycles. The van der Waals surface area contributed by atoms with E-state index in [1.54, 1.807) is 0 Å². The van der Waals surface area contributed by atoms with E-state index in [1.807, 2.05) is 0 Å². The Balaban J connectivity index is 1.82. The molecule has 3 saturated carbocycles. The molecule has 3 fully saturated rings. The molecule has 0 aromatic heterocycles. The van der Waals surface area contributed by atoms with E-state index in [9.17, 15) is 5.11 Å². The van der Waals surface area contributed by atoms with Crippen molar-refractivity contribution in [2.24, 2.45) is 40.4 Å². The van der Waals surface area contributed by atoms with Crippen LogP contribution in [0.3, 0.4) is 0 Å². The highest BCUT2D eigenvalue weighted by Crippen LogP contribution is 2.64. The molecule has 1 N–H and O–H groups in total. The van der Waals surface area contributed by atoms with Gasteiger partial charge < -0.3 is 5.11 Å². The first-order valence-electron chi connectivity index (χ1n) is 9.51. The summed E-state index contributed by atoms with van der Waals surface area (Å²) in [5.74, 6) is 4.52. The van der Waals surface area contributed by atoms with Crippen molar-refractivity contribution in [3.05, 3.63) is 0 Å². The largest absolute Gasteiger partial charge is 0.396 e. The molecule has 0 saturated heterocycles. The fraction of sp³-hybridized carbons (Fsp3) is 1.00. The monoisotopic (exact) mass is 292 g/mol. The van der Waals surface area contributed by atoms with Gasteiger partial charge >= 0.3 is 0 Å². The third-order valence-electron chi connectivity index (χ3n) is 8.10. The van der Waals surface area contributed by atoms with Crippen LogP contribution in [-0.4, -0.2) is 11.7 Å². The van der Waals surface area contributed by atoms with E-state index in [0.29, 0.717) is 12.0 Å². The Labute approximate surface area is 131 Å². The smallest absolute Gasteiger partial charge is 0.0487 e. The molecule has 3 rings (SSSR count). The summed E-state index contributed by atoms with van der Waals surface area (Å²) in [6.07, 6.45) is 11.2. The third-order valence-corrected chi connectivity index (χ3v) is 8.10. The normalized spacial score (nSPS) is 50.6. The minimum Gasteiger partial charge on any atom is -0.396 e. The molecule has 0 aromatic carbocycles. The summed E-state index contributed by atoms with van der Waals surface area (Å²) >= 11 is 0. The highest BCUT2D eigenvalue weighted by molar-refractivity contribution is 5.05. The second-order valence-electron chi connectivity index (χ2n) is 9.49. The zero-order valence-electron chi connectivity index (χ0n) is 14.7. The Morgan fingerprint density at radius 3 is 2.48 bits per heavy atom. The maximum atomic E-state index is 10.0. The SMILES string of the molecule is CC(C)C1CC[C@H]2C(CC[C@H]3[C@](C)(CO)CCC[C@]23C)C1. The molecule has 0 aliphatic heterocycles. The van der Waals surface area contributed by atoms with Crippen LogP contribution in [0.5, 0.6) is 0 Å². The van der Waals surface area contributed by atoms with Gasteiger partial charge in [-0.15, -0.1) is 0 Å². The molecular weight excluding hydrogens is 256 g/mol. The first kappa shape index (κ1) is 15.8. The van der Waals surface area contributed by atoms with Crippen molar-refractivity contribution in [2.45, 2.75) is 79.1 Å². The van der Waals surface area contributed by atoms with Crippen molar-refractivity contribution in [3.8, 4) is 0 Å². The second kappa shape index (κ2) is 5.55. The van der Waals surface area contributed by atoms with Crippen LogP contribution in [-0.2, 0) is 0 Å². The van der Waals surface area contributed by atoms with Gasteiger partial charge in [0.25, 0.3) is 0 Å². The molecule has 1 nitrogen and oxygen atoms in total. The highest BCUT2D eigenvalue weighted by Gasteiger charge is 2.56. The maximum Gasteiger partial charge on any atom is 0.0487 e. The van der Waals surface area contributed by atoms with Gasteiger partial charge in [0.05, 0.1) is 0 Å². The van der Waals surface area contributed by atoms with Gasteiger partial charge in [-0.3, -0.25) is 0 Å². The lowest BCUT2D eigenvalue weighted by atomic mass is 9.44. The van der Waals surface area contributed by atoms with Gasteiger partial charge in [0.2, 0.25) is 0 Å². The standard InChI is InChI=1S/C20H36O/c1-14(2)15-6-8-17-16(12-15)7-9-18-19(3,13-21)10-5-11-20(17,18)4/h14-18,21H,5-13H2,1-4H3/t15?,16?,17-,18-,19-,20+/m0/s1. The molecule has 3 aliphatic carbocycles. The number of hydrogen-bond acceptors (Lipinski definition) is 1. The number of rotatable bonds is 2. The molecule has 0 amide bonds. The van der Waals surface area contributed by atoms with Gasteiger partial charge in [-0.2, -0.15) is 0 Å². The van der Waals surface area contributed by atoms with Crippen LogP contribution in [0.4, 0.5) is 0 Å². The van der Waals surface area contributed by atoms with Crippen molar-refractivity contribution in [1.29, 1.82) is 0 Å². The van der Waals surface area contributed by atoms with E-state index in [2.05, 4.69) is 27.7 Å². The quantitative estimate of drug-likeness (QED) is 0.734. The van der Waals surface area contributed by atoms with Crippen LogP contribution >= 0.6 is 0 Å². The molecule has 1 heteroatoms. The van der Waals surface area contributed by atoms with Crippen molar-refractivity contribution in [2.75, 3.05) is 6.61 Å². The van der Waals surface area contributed by atoms with Crippen LogP contribution in [0.2, 0.25) is 0 Å². The molecule has 0 spiro atoms. The number of aliphatic hydroxyl groups excluding tert-OH is 1. The minimum atomic E-state index is 0.201. The van der Waals surface area contributed by atoms with Gasteiger partial charge in [-0.05, 0) is 85.4 Å². The Bertz CT molecular complexity index is 376. The summed E-state index contributed by atoms with van der Waals surface area (Å²) in [6.45, 7) is 10.2. The Kier molecular flexibility index (Phi) is 4.19. The summed E-state index contributed by atoms with van der Waals surface area (Å²) < 4.78 is 0. The van der Waals surface area contributed by atoms with Gasteiger partial charge in [0.15, 0.2) is 0 Å². The van der Waals surface area contributed by atoms with Crippen LogP contribution in [0.25, 0.3) is 0 Å². The van der Waals surface area contributed by atoms with E-state index in [-0.39, 0.29) is 5.41 Å². The maximum absolute atomic E-state index is 10.0. The molecule has 21 heavy (non-hydrogen) atoms. The molecule has 0 bridgehead atoms. The minimum absolute atomic E-state index is 0.201. The molecule has 2 unspecified atom stereocenters. The molecular formula is C20H36O. The first-order valence-corrected chi connectivity index (χ1v) is 9.51. The number of aliphatic hydroxyl groups is 1. The van der Waals surface area contributed by atoms with Crippen molar-refractivity contribution in [1.82, 2.24) is 0 Å². The Hall–Kier alpha value is -0.0400.